The molecule has 47 heavy (non-hydrogen) atoms. The highest BCUT2D eigenvalue weighted by atomic mass is 32.2. The zero-order chi connectivity index (χ0) is 33.9. The van der Waals surface area contributed by atoms with Crippen LogP contribution >= 0.6 is 0 Å². The maximum atomic E-state index is 15.5. The number of nitrogens with one attached hydrogen (secondary N) is 3. The predicted molar refractivity (Wildman–Crippen MR) is 170 cm³/mol. The van der Waals surface area contributed by atoms with Crippen molar-refractivity contribution < 1.29 is 40.7 Å². The zero-order valence-electron chi connectivity index (χ0n) is 26.8. The molecule has 0 aromatic heterocycles. The predicted octanol–water partition coefficient (Wildman–Crippen LogP) is 4.45. The molecule has 0 aliphatic carbocycles. The number of piperazine rings is 1. The molecule has 3 aliphatic heterocycles. The second kappa shape index (κ2) is 14.9. The molecule has 3 aliphatic rings. The van der Waals surface area contributed by atoms with E-state index in [1.54, 1.807) is 0 Å². The van der Waals surface area contributed by atoms with Crippen molar-refractivity contribution in [3.63, 3.8) is 0 Å². The second-order valence-electron chi connectivity index (χ2n) is 12.9. The fourth-order valence-corrected chi connectivity index (χ4v) is 9.21. The summed E-state index contributed by atoms with van der Waals surface area (Å²) in [6.45, 7) is 4.49. The molecule has 3 saturated heterocycles. The van der Waals surface area contributed by atoms with E-state index < -0.39 is 63.2 Å². The molecule has 7 atom stereocenters. The van der Waals surface area contributed by atoms with Crippen LogP contribution in [0.2, 0.25) is 0 Å². The fourth-order valence-electron chi connectivity index (χ4n) is 7.41. The number of halogens is 3. The number of fused-ring (bicyclic) bond motifs is 2. The van der Waals surface area contributed by atoms with Crippen molar-refractivity contribution in [3.05, 3.63) is 65.0 Å². The van der Waals surface area contributed by atoms with Crippen molar-refractivity contribution in [1.29, 1.82) is 0 Å². The van der Waals surface area contributed by atoms with Gasteiger partial charge in [-0.05, 0) is 88.1 Å². The number of hydrogen-bond donors (Lipinski definition) is 3. The second-order valence-corrected chi connectivity index (χ2v) is 14.9. The minimum absolute atomic E-state index is 0.0335. The van der Waals surface area contributed by atoms with E-state index in [-0.39, 0.29) is 48.3 Å². The Morgan fingerprint density at radius 2 is 1.74 bits per heavy atom. The average Bonchev–Trinajstić information content (AvgIpc) is 3.14. The van der Waals surface area contributed by atoms with Gasteiger partial charge >= 0.3 is 6.09 Å². The van der Waals surface area contributed by atoms with E-state index in [0.717, 1.165) is 25.7 Å². The standard InChI is InChI=1S/C33H43F3N4O6S/c1-19-15-22(16-20(2)46-19)29(21-6-8-23(34)9-7-21)31(39-33(42)45-3)32(41)38-30-26(27(35)12-13-28(30)36)11-10-25-17-37-24-5-4-14-47(43,44)40(25)18-24/h6-9,12-13,19-20,22,24-25,29,31,37H,4-5,10-11,14-18H2,1-3H3,(H,38,41)(H,39,42). The molecule has 258 valence electrons. The van der Waals surface area contributed by atoms with Gasteiger partial charge in [-0.25, -0.2) is 26.4 Å². The molecule has 14 heteroatoms. The number of benzene rings is 2. The smallest absolute Gasteiger partial charge is 0.407 e. The summed E-state index contributed by atoms with van der Waals surface area (Å²) in [6, 6.07) is 5.71. The first kappa shape index (κ1) is 35.1. The minimum atomic E-state index is -3.50. The maximum absolute atomic E-state index is 15.5. The van der Waals surface area contributed by atoms with Crippen LogP contribution in [0, 0.1) is 23.4 Å². The first-order chi connectivity index (χ1) is 22.4. The molecular weight excluding hydrogens is 637 g/mol. The van der Waals surface area contributed by atoms with Crippen molar-refractivity contribution in [3.8, 4) is 0 Å². The van der Waals surface area contributed by atoms with E-state index in [0.29, 0.717) is 37.9 Å². The average molecular weight is 681 g/mol. The molecule has 0 saturated carbocycles. The monoisotopic (exact) mass is 680 g/mol. The van der Waals surface area contributed by atoms with Gasteiger partial charge in [0, 0.05) is 36.7 Å². The van der Waals surface area contributed by atoms with Crippen LogP contribution in [0.15, 0.2) is 36.4 Å². The van der Waals surface area contributed by atoms with Crippen LogP contribution in [0.3, 0.4) is 0 Å². The summed E-state index contributed by atoms with van der Waals surface area (Å²) in [7, 11) is -2.36. The molecule has 2 amide bonds. The van der Waals surface area contributed by atoms with Crippen LogP contribution in [-0.2, 0) is 30.7 Å². The van der Waals surface area contributed by atoms with Crippen LogP contribution in [0.1, 0.15) is 63.0 Å². The van der Waals surface area contributed by atoms with Crippen molar-refractivity contribution in [2.45, 2.75) is 88.6 Å². The minimum Gasteiger partial charge on any atom is -0.453 e. The Labute approximate surface area is 273 Å². The third kappa shape index (κ3) is 8.27. The lowest BCUT2D eigenvalue weighted by molar-refractivity contribution is -0.120. The summed E-state index contributed by atoms with van der Waals surface area (Å²) in [5, 5.41) is 8.52. The Bertz CT molecular complexity index is 1540. The molecule has 3 N–H and O–H groups in total. The highest BCUT2D eigenvalue weighted by molar-refractivity contribution is 7.89. The summed E-state index contributed by atoms with van der Waals surface area (Å²) in [5.41, 5.74) is 0.0608. The lowest BCUT2D eigenvalue weighted by atomic mass is 9.74. The lowest BCUT2D eigenvalue weighted by Gasteiger charge is -2.40. The Balaban J connectivity index is 1.45. The lowest BCUT2D eigenvalue weighted by Crippen LogP contribution is -2.57. The van der Waals surface area contributed by atoms with Crippen LogP contribution in [-0.4, -0.2) is 81.0 Å². The zero-order valence-corrected chi connectivity index (χ0v) is 27.6. The quantitative estimate of drug-likeness (QED) is 0.358. The van der Waals surface area contributed by atoms with Crippen molar-refractivity contribution >= 4 is 27.7 Å². The number of amides is 2. The van der Waals surface area contributed by atoms with Gasteiger partial charge in [-0.2, -0.15) is 4.31 Å². The number of ether oxygens (including phenoxy) is 2. The molecule has 3 heterocycles. The van der Waals surface area contributed by atoms with Gasteiger partial charge < -0.3 is 25.4 Å². The SMILES string of the molecule is COC(=O)NC(C(=O)Nc1c(F)ccc(F)c1CCC1CNC2CCCS(=O)(=O)N1C2)C(c1ccc(F)cc1)C1CC(C)OC(C)C1. The Hall–Kier alpha value is -3.20. The molecule has 5 rings (SSSR count). The van der Waals surface area contributed by atoms with E-state index >= 15 is 8.78 Å². The molecule has 2 aromatic carbocycles. The van der Waals surface area contributed by atoms with Crippen LogP contribution in [0.25, 0.3) is 0 Å². The highest BCUT2D eigenvalue weighted by Crippen LogP contribution is 2.39. The molecule has 7 unspecified atom stereocenters. The molecule has 0 radical (unpaired) electrons. The summed E-state index contributed by atoms with van der Waals surface area (Å²) >= 11 is 0. The van der Waals surface area contributed by atoms with E-state index in [2.05, 4.69) is 16.0 Å². The van der Waals surface area contributed by atoms with Gasteiger partial charge in [0.25, 0.3) is 0 Å². The van der Waals surface area contributed by atoms with Gasteiger partial charge in [0.15, 0.2) is 0 Å². The number of sulfonamides is 1. The number of hydrogen-bond acceptors (Lipinski definition) is 7. The normalized spacial score (nSPS) is 28.4. The summed E-state index contributed by atoms with van der Waals surface area (Å²) in [4.78, 5) is 26.8. The van der Waals surface area contributed by atoms with Crippen LogP contribution < -0.4 is 16.0 Å². The van der Waals surface area contributed by atoms with Gasteiger partial charge in [-0.3, -0.25) is 4.79 Å². The maximum Gasteiger partial charge on any atom is 0.407 e. The Morgan fingerprint density at radius 1 is 1.06 bits per heavy atom. The van der Waals surface area contributed by atoms with Gasteiger partial charge in [0.05, 0.1) is 30.8 Å². The molecule has 0 spiro atoms. The molecular formula is C33H43F3N4O6S. The van der Waals surface area contributed by atoms with E-state index in [4.69, 9.17) is 9.47 Å². The summed E-state index contributed by atoms with van der Waals surface area (Å²) in [6.07, 6.45) is 1.20. The first-order valence-electron chi connectivity index (χ1n) is 16.1. The fraction of sp³-hybridized carbons (Fsp3) is 0.576. The van der Waals surface area contributed by atoms with E-state index in [1.807, 2.05) is 13.8 Å². The number of carbonyl (C=O) groups excluding carboxylic acids is 2. The molecule has 3 fully saturated rings. The van der Waals surface area contributed by atoms with Gasteiger partial charge in [-0.1, -0.05) is 12.1 Å². The number of nitrogens with zero attached hydrogens (tertiary/aromatic N) is 1. The third-order valence-corrected chi connectivity index (χ3v) is 11.5. The van der Waals surface area contributed by atoms with E-state index in [1.165, 1.54) is 28.6 Å². The third-order valence-electron chi connectivity index (χ3n) is 9.54. The molecule has 2 aromatic rings. The topological polar surface area (TPSA) is 126 Å². The number of alkyl carbamates (subject to hydrolysis) is 1. The Kier molecular flexibility index (Phi) is 11.1. The van der Waals surface area contributed by atoms with Gasteiger partial charge in [0.1, 0.15) is 23.5 Å². The van der Waals surface area contributed by atoms with E-state index in [9.17, 15) is 22.4 Å². The first-order valence-corrected chi connectivity index (χ1v) is 17.7. The number of rotatable bonds is 9. The van der Waals surface area contributed by atoms with Crippen molar-refractivity contribution in [2.24, 2.45) is 5.92 Å². The highest BCUT2D eigenvalue weighted by Gasteiger charge is 2.41. The van der Waals surface area contributed by atoms with Crippen LogP contribution in [0.5, 0.6) is 0 Å². The summed E-state index contributed by atoms with van der Waals surface area (Å²) < 4.78 is 83.0. The largest absolute Gasteiger partial charge is 0.453 e. The van der Waals surface area contributed by atoms with Gasteiger partial charge in [0.2, 0.25) is 15.9 Å². The van der Waals surface area contributed by atoms with Gasteiger partial charge in [-0.15, -0.1) is 0 Å². The van der Waals surface area contributed by atoms with Crippen molar-refractivity contribution in [1.82, 2.24) is 14.9 Å². The van der Waals surface area contributed by atoms with Crippen LogP contribution in [0.4, 0.5) is 23.7 Å². The Morgan fingerprint density at radius 3 is 2.43 bits per heavy atom. The summed E-state index contributed by atoms with van der Waals surface area (Å²) in [5.74, 6) is -3.85. The molecule has 10 nitrogen and oxygen atoms in total. The number of carbonyl (C=O) groups is 2. The van der Waals surface area contributed by atoms with Crippen molar-refractivity contribution in [2.75, 3.05) is 31.3 Å². The molecule has 2 bridgehead atoms. The number of anilines is 1. The number of methoxy groups -OCH3 is 1.